The van der Waals surface area contributed by atoms with Crippen LogP contribution in [-0.4, -0.2) is 5.78 Å². The molecule has 0 N–H and O–H groups in total. The first-order valence-corrected chi connectivity index (χ1v) is 6.87. The molecule has 1 fully saturated rings. The largest absolute Gasteiger partial charge is 0.299 e. The number of carbonyl (C=O) groups excluding carboxylic acids is 1. The highest BCUT2D eigenvalue weighted by Crippen LogP contribution is 2.60. The van der Waals surface area contributed by atoms with Gasteiger partial charge in [-0.05, 0) is 42.2 Å². The molecule has 0 bridgehead atoms. The lowest BCUT2D eigenvalue weighted by Crippen LogP contribution is -2.02. The van der Waals surface area contributed by atoms with Crippen LogP contribution in [0.15, 0.2) is 24.3 Å². The summed E-state index contributed by atoms with van der Waals surface area (Å²) in [5, 5.41) is 0. The van der Waals surface area contributed by atoms with Gasteiger partial charge in [0.15, 0.2) is 0 Å². The van der Waals surface area contributed by atoms with Crippen molar-refractivity contribution in [3.05, 3.63) is 35.4 Å². The average molecular weight is 238 g/mol. The van der Waals surface area contributed by atoms with Crippen LogP contribution in [-0.2, 0) is 11.2 Å². The lowest BCUT2D eigenvalue weighted by molar-refractivity contribution is -0.120. The first-order valence-electron chi connectivity index (χ1n) is 6.87. The van der Waals surface area contributed by atoms with Crippen LogP contribution in [0.5, 0.6) is 0 Å². The van der Waals surface area contributed by atoms with Gasteiger partial charge in [-0.15, -0.1) is 12.3 Å². The Labute approximate surface area is 109 Å². The highest BCUT2D eigenvalue weighted by Gasteiger charge is 2.56. The predicted octanol–water partition coefficient (Wildman–Crippen LogP) is 3.34. The van der Waals surface area contributed by atoms with E-state index in [4.69, 9.17) is 6.42 Å². The lowest BCUT2D eigenvalue weighted by Gasteiger charge is -2.13. The Morgan fingerprint density at radius 3 is 3.06 bits per heavy atom. The van der Waals surface area contributed by atoms with Crippen molar-refractivity contribution in [1.82, 2.24) is 0 Å². The van der Waals surface area contributed by atoms with Crippen molar-refractivity contribution < 1.29 is 4.79 Å². The van der Waals surface area contributed by atoms with Crippen molar-refractivity contribution in [3.8, 4) is 12.3 Å². The quantitative estimate of drug-likeness (QED) is 0.581. The molecule has 3 rings (SSSR count). The smallest absolute Gasteiger partial charge is 0.136 e. The summed E-state index contributed by atoms with van der Waals surface area (Å²) in [5.41, 5.74) is 2.89. The maximum absolute atomic E-state index is 12.2. The Morgan fingerprint density at radius 1 is 1.39 bits per heavy atom. The van der Waals surface area contributed by atoms with Gasteiger partial charge in [-0.1, -0.05) is 24.3 Å². The van der Waals surface area contributed by atoms with Crippen LogP contribution in [0.1, 0.15) is 42.7 Å². The summed E-state index contributed by atoms with van der Waals surface area (Å²) >= 11 is 0. The molecule has 0 spiro atoms. The Balaban J connectivity index is 1.69. The third-order valence-electron chi connectivity index (χ3n) is 4.45. The second-order valence-electron chi connectivity index (χ2n) is 5.48. The fourth-order valence-electron chi connectivity index (χ4n) is 3.54. The third kappa shape index (κ3) is 1.86. The van der Waals surface area contributed by atoms with Crippen molar-refractivity contribution >= 4 is 5.78 Å². The molecule has 0 amide bonds. The molecule has 0 saturated heterocycles. The molecule has 1 saturated carbocycles. The van der Waals surface area contributed by atoms with Crippen molar-refractivity contribution in [2.24, 2.45) is 11.8 Å². The van der Waals surface area contributed by atoms with Crippen LogP contribution < -0.4 is 0 Å². The molecule has 2 aliphatic carbocycles. The highest BCUT2D eigenvalue weighted by atomic mass is 16.1. The second-order valence-corrected chi connectivity index (χ2v) is 5.48. The maximum atomic E-state index is 12.2. The zero-order valence-corrected chi connectivity index (χ0v) is 10.6. The summed E-state index contributed by atoms with van der Waals surface area (Å²) in [5.74, 6) is 4.49. The first-order chi connectivity index (χ1) is 8.83. The molecule has 0 radical (unpaired) electrons. The van der Waals surface area contributed by atoms with Gasteiger partial charge < -0.3 is 0 Å². The molecule has 0 heterocycles. The Bertz CT molecular complexity index is 509. The molecule has 0 aromatic heterocycles. The number of aryl methyl sites for hydroxylation is 1. The maximum Gasteiger partial charge on any atom is 0.136 e. The zero-order valence-electron chi connectivity index (χ0n) is 10.6. The number of benzene rings is 1. The van der Waals surface area contributed by atoms with E-state index in [1.54, 1.807) is 0 Å². The number of hydrogen-bond donors (Lipinski definition) is 0. The number of rotatable bonds is 4. The fraction of sp³-hybridized carbons (Fsp3) is 0.471. The van der Waals surface area contributed by atoms with Gasteiger partial charge in [-0.3, -0.25) is 4.79 Å². The summed E-state index contributed by atoms with van der Waals surface area (Å²) in [4.78, 5) is 12.2. The zero-order chi connectivity index (χ0) is 12.5. The summed E-state index contributed by atoms with van der Waals surface area (Å²) < 4.78 is 0. The summed E-state index contributed by atoms with van der Waals surface area (Å²) in [6, 6.07) is 8.62. The molecule has 1 aromatic carbocycles. The van der Waals surface area contributed by atoms with Crippen molar-refractivity contribution in [2.45, 2.75) is 38.0 Å². The molecule has 18 heavy (non-hydrogen) atoms. The van der Waals surface area contributed by atoms with E-state index in [0.29, 0.717) is 30.0 Å². The van der Waals surface area contributed by atoms with E-state index in [0.717, 1.165) is 19.3 Å². The molecule has 1 nitrogen and oxygen atoms in total. The van der Waals surface area contributed by atoms with Crippen molar-refractivity contribution in [2.75, 3.05) is 0 Å². The number of ketones is 1. The van der Waals surface area contributed by atoms with Crippen molar-refractivity contribution in [3.63, 3.8) is 0 Å². The van der Waals surface area contributed by atoms with Gasteiger partial charge in [0, 0.05) is 18.8 Å². The van der Waals surface area contributed by atoms with E-state index < -0.39 is 0 Å². The molecule has 2 aliphatic rings. The molecule has 1 heteroatoms. The molecule has 92 valence electrons. The van der Waals surface area contributed by atoms with Gasteiger partial charge in [0.2, 0.25) is 0 Å². The topological polar surface area (TPSA) is 17.1 Å². The Morgan fingerprint density at radius 2 is 2.22 bits per heavy atom. The van der Waals surface area contributed by atoms with E-state index in [-0.39, 0.29) is 0 Å². The minimum absolute atomic E-state index is 0.298. The van der Waals surface area contributed by atoms with E-state index in [1.165, 1.54) is 17.5 Å². The van der Waals surface area contributed by atoms with Gasteiger partial charge in [-0.25, -0.2) is 0 Å². The van der Waals surface area contributed by atoms with Gasteiger partial charge in [0.05, 0.1) is 0 Å². The minimum Gasteiger partial charge on any atom is -0.299 e. The van der Waals surface area contributed by atoms with Gasteiger partial charge in [-0.2, -0.15) is 0 Å². The number of Topliss-reactive ketones (excluding diaryl/α,β-unsaturated/α-hetero) is 1. The van der Waals surface area contributed by atoms with Crippen LogP contribution in [0.2, 0.25) is 0 Å². The lowest BCUT2D eigenvalue weighted by atomic mass is 9.92. The highest BCUT2D eigenvalue weighted by molar-refractivity contribution is 5.86. The van der Waals surface area contributed by atoms with Gasteiger partial charge in [0.1, 0.15) is 5.78 Å². The normalized spacial score (nSPS) is 27.8. The molecular formula is C17H18O. The summed E-state index contributed by atoms with van der Waals surface area (Å²) in [6.45, 7) is 0. The van der Waals surface area contributed by atoms with E-state index in [9.17, 15) is 4.79 Å². The molecule has 3 unspecified atom stereocenters. The van der Waals surface area contributed by atoms with Crippen LogP contribution in [0, 0.1) is 24.2 Å². The molecule has 0 aliphatic heterocycles. The van der Waals surface area contributed by atoms with E-state index in [2.05, 4.69) is 30.2 Å². The number of carbonyl (C=O) groups is 1. The molecular weight excluding hydrogens is 220 g/mol. The number of unbranched alkanes of at least 4 members (excludes halogenated alkanes) is 1. The number of fused-ring (bicyclic) bond motifs is 3. The second kappa shape index (κ2) is 4.61. The number of hydrogen-bond acceptors (Lipinski definition) is 1. The van der Waals surface area contributed by atoms with Gasteiger partial charge >= 0.3 is 0 Å². The standard InChI is InChI=1S/C17H18O/c1-2-3-4-9-15(18)17-14-11-10-12-7-5-6-8-13(12)16(14)17/h1,5-8,14,16-17H,3-4,9-11H2. The number of terminal acetylenes is 1. The summed E-state index contributed by atoms with van der Waals surface area (Å²) in [7, 11) is 0. The van der Waals surface area contributed by atoms with Crippen LogP contribution >= 0.6 is 0 Å². The van der Waals surface area contributed by atoms with E-state index in [1.807, 2.05) is 0 Å². The minimum atomic E-state index is 0.298. The fourth-order valence-corrected chi connectivity index (χ4v) is 3.54. The van der Waals surface area contributed by atoms with Crippen molar-refractivity contribution in [1.29, 1.82) is 0 Å². The predicted molar refractivity (Wildman–Crippen MR) is 72.2 cm³/mol. The monoisotopic (exact) mass is 238 g/mol. The molecule has 1 aromatic rings. The van der Waals surface area contributed by atoms with E-state index >= 15 is 0 Å². The van der Waals surface area contributed by atoms with Crippen LogP contribution in [0.25, 0.3) is 0 Å². The van der Waals surface area contributed by atoms with Crippen LogP contribution in [0.3, 0.4) is 0 Å². The summed E-state index contributed by atoms with van der Waals surface area (Å²) in [6.07, 6.45) is 9.81. The van der Waals surface area contributed by atoms with Crippen LogP contribution in [0.4, 0.5) is 0 Å². The van der Waals surface area contributed by atoms with Gasteiger partial charge in [0.25, 0.3) is 0 Å². The first kappa shape index (κ1) is 11.5. The average Bonchev–Trinajstić information content (AvgIpc) is 3.14. The third-order valence-corrected chi connectivity index (χ3v) is 4.45. The Kier molecular flexibility index (Phi) is 2.96. The Hall–Kier alpha value is -1.55. The SMILES string of the molecule is C#CCCCC(=O)C1C2CCc3ccccc3C21. The molecule has 3 atom stereocenters.